The molecule has 30 heavy (non-hydrogen) atoms. The molecular formula is C23H20N4O3. The second kappa shape index (κ2) is 6.95. The van der Waals surface area contributed by atoms with Gasteiger partial charge in [0, 0.05) is 19.0 Å². The van der Waals surface area contributed by atoms with Gasteiger partial charge in [0.1, 0.15) is 0 Å². The zero-order valence-corrected chi connectivity index (χ0v) is 16.7. The summed E-state index contributed by atoms with van der Waals surface area (Å²) in [6.07, 6.45) is 3.47. The molecule has 150 valence electrons. The van der Waals surface area contributed by atoms with E-state index in [9.17, 15) is 9.59 Å². The Hall–Kier alpha value is -3.74. The number of hydrogen-bond acceptors (Lipinski definition) is 5. The number of benzene rings is 1. The number of fused-ring (bicyclic) bond motifs is 2. The van der Waals surface area contributed by atoms with Crippen LogP contribution in [-0.2, 0) is 4.79 Å². The van der Waals surface area contributed by atoms with Gasteiger partial charge in [0.15, 0.2) is 5.76 Å². The average molecular weight is 400 g/mol. The summed E-state index contributed by atoms with van der Waals surface area (Å²) >= 11 is 0. The van der Waals surface area contributed by atoms with Crippen LogP contribution in [0.3, 0.4) is 0 Å². The van der Waals surface area contributed by atoms with Crippen molar-refractivity contribution in [1.82, 2.24) is 4.98 Å². The molecule has 0 bridgehead atoms. The van der Waals surface area contributed by atoms with E-state index in [4.69, 9.17) is 9.40 Å². The van der Waals surface area contributed by atoms with Crippen LogP contribution in [0.4, 0.5) is 11.4 Å². The summed E-state index contributed by atoms with van der Waals surface area (Å²) in [5, 5.41) is 1.76. The second-order valence-electron chi connectivity index (χ2n) is 7.48. The Kier molecular flexibility index (Phi) is 4.24. The van der Waals surface area contributed by atoms with Gasteiger partial charge in [0.2, 0.25) is 5.91 Å². The minimum absolute atomic E-state index is 0.0616. The van der Waals surface area contributed by atoms with E-state index in [0.29, 0.717) is 24.5 Å². The molecule has 5 rings (SSSR count). The van der Waals surface area contributed by atoms with Gasteiger partial charge in [0.25, 0.3) is 5.91 Å². The number of anilines is 2. The van der Waals surface area contributed by atoms with Crippen molar-refractivity contribution < 1.29 is 14.0 Å². The van der Waals surface area contributed by atoms with E-state index in [2.05, 4.69) is 4.99 Å². The summed E-state index contributed by atoms with van der Waals surface area (Å²) in [6, 6.07) is 12.8. The van der Waals surface area contributed by atoms with Crippen LogP contribution in [-0.4, -0.2) is 35.9 Å². The number of carbonyl (C=O) groups is 2. The van der Waals surface area contributed by atoms with E-state index in [1.54, 1.807) is 28.9 Å². The lowest BCUT2D eigenvalue weighted by Gasteiger charge is -2.40. The zero-order valence-electron chi connectivity index (χ0n) is 16.7. The van der Waals surface area contributed by atoms with Gasteiger partial charge in [-0.1, -0.05) is 6.07 Å². The molecule has 0 aliphatic carbocycles. The first-order chi connectivity index (χ1) is 14.5. The molecule has 1 aromatic carbocycles. The highest BCUT2D eigenvalue weighted by Gasteiger charge is 2.35. The minimum Gasteiger partial charge on any atom is -0.459 e. The molecule has 0 saturated carbocycles. The number of amides is 2. The summed E-state index contributed by atoms with van der Waals surface area (Å²) in [7, 11) is 0. The lowest BCUT2D eigenvalue weighted by atomic mass is 10.0. The number of carbonyl (C=O) groups excluding carboxylic acids is 2. The summed E-state index contributed by atoms with van der Waals surface area (Å²) in [6.45, 7) is 4.49. The monoisotopic (exact) mass is 400 g/mol. The van der Waals surface area contributed by atoms with Crippen molar-refractivity contribution in [3.8, 4) is 11.3 Å². The number of pyridine rings is 1. The molecule has 0 unspecified atom stereocenters. The molecular weight excluding hydrogens is 380 g/mol. The summed E-state index contributed by atoms with van der Waals surface area (Å²) < 4.78 is 5.34. The fourth-order valence-electron chi connectivity index (χ4n) is 4.13. The van der Waals surface area contributed by atoms with Gasteiger partial charge in [0.05, 0.1) is 46.6 Å². The predicted molar refractivity (Wildman–Crippen MR) is 113 cm³/mol. The third-order valence-corrected chi connectivity index (χ3v) is 5.47. The Balaban J connectivity index is 1.65. The van der Waals surface area contributed by atoms with Gasteiger partial charge < -0.3 is 14.2 Å². The first kappa shape index (κ1) is 18.3. The van der Waals surface area contributed by atoms with Crippen LogP contribution in [0.15, 0.2) is 58.1 Å². The second-order valence-corrected chi connectivity index (χ2v) is 7.48. The van der Waals surface area contributed by atoms with Crippen LogP contribution in [0.1, 0.15) is 24.4 Å². The van der Waals surface area contributed by atoms with Crippen molar-refractivity contribution in [1.29, 1.82) is 0 Å². The quantitative estimate of drug-likeness (QED) is 0.660. The average Bonchev–Trinajstić information content (AvgIpc) is 3.43. The first-order valence-electron chi connectivity index (χ1n) is 9.84. The van der Waals surface area contributed by atoms with Gasteiger partial charge in [-0.25, -0.2) is 4.98 Å². The summed E-state index contributed by atoms with van der Waals surface area (Å²) in [5.74, 6) is -0.0299. The first-order valence-corrected chi connectivity index (χ1v) is 9.84. The highest BCUT2D eigenvalue weighted by molar-refractivity contribution is 6.09. The van der Waals surface area contributed by atoms with Crippen molar-refractivity contribution >= 4 is 29.3 Å². The van der Waals surface area contributed by atoms with Gasteiger partial charge in [-0.05, 0) is 49.4 Å². The third kappa shape index (κ3) is 2.90. The third-order valence-electron chi connectivity index (χ3n) is 5.47. The Bertz CT molecular complexity index is 1280. The molecule has 7 heteroatoms. The highest BCUT2D eigenvalue weighted by atomic mass is 16.3. The molecule has 3 aromatic rings. The molecule has 7 nitrogen and oxygen atoms in total. The Morgan fingerprint density at radius 2 is 2.00 bits per heavy atom. The summed E-state index contributed by atoms with van der Waals surface area (Å²) in [4.78, 5) is 38.0. The fraction of sp³-hybridized carbons (Fsp3) is 0.217. The molecule has 0 fully saturated rings. The van der Waals surface area contributed by atoms with Gasteiger partial charge in [-0.15, -0.1) is 0 Å². The van der Waals surface area contributed by atoms with Crippen LogP contribution < -0.4 is 20.5 Å². The van der Waals surface area contributed by atoms with Crippen molar-refractivity contribution in [2.24, 2.45) is 4.99 Å². The minimum atomic E-state index is -0.234. The molecule has 0 spiro atoms. The lowest BCUT2D eigenvalue weighted by Crippen LogP contribution is -2.51. The topological polar surface area (TPSA) is 79.0 Å². The molecule has 1 atom stereocenters. The zero-order chi connectivity index (χ0) is 20.8. The van der Waals surface area contributed by atoms with E-state index < -0.39 is 0 Å². The van der Waals surface area contributed by atoms with Crippen molar-refractivity contribution in [3.63, 3.8) is 0 Å². The van der Waals surface area contributed by atoms with Crippen LogP contribution in [0.5, 0.6) is 0 Å². The van der Waals surface area contributed by atoms with E-state index in [-0.39, 0.29) is 23.6 Å². The molecule has 0 radical (unpaired) electrons. The van der Waals surface area contributed by atoms with Crippen LogP contribution in [0.2, 0.25) is 0 Å². The molecule has 0 saturated heterocycles. The Labute approximate surface area is 173 Å². The summed E-state index contributed by atoms with van der Waals surface area (Å²) in [5.41, 5.74) is 3.03. The molecule has 2 aliphatic rings. The van der Waals surface area contributed by atoms with Gasteiger partial charge >= 0.3 is 0 Å². The van der Waals surface area contributed by atoms with Gasteiger partial charge in [-0.2, -0.15) is 0 Å². The molecule has 2 aromatic heterocycles. The number of furan rings is 1. The Morgan fingerprint density at radius 1 is 1.13 bits per heavy atom. The van der Waals surface area contributed by atoms with Crippen molar-refractivity contribution in [3.05, 3.63) is 65.2 Å². The predicted octanol–water partition coefficient (Wildman–Crippen LogP) is 2.16. The van der Waals surface area contributed by atoms with Crippen LogP contribution in [0, 0.1) is 0 Å². The van der Waals surface area contributed by atoms with E-state index >= 15 is 0 Å². The van der Waals surface area contributed by atoms with Gasteiger partial charge in [-0.3, -0.25) is 14.6 Å². The number of nitrogens with zero attached hydrogens (tertiary/aromatic N) is 4. The maximum atomic E-state index is 13.1. The largest absolute Gasteiger partial charge is 0.459 e. The number of aromatic nitrogens is 1. The standard InChI is InChI=1S/C23H20N4O3/c1-14-13-26(23(29)22-4-3-11-30-22)21-12-16(5-8-20(21)27(14)15(2)28)17-6-7-18-19(25-17)9-10-24-18/h3-9,11-12,14H,10,13H2,1-2H3/t14-/m0/s1. The molecule has 2 aliphatic heterocycles. The van der Waals surface area contributed by atoms with E-state index in [1.165, 1.54) is 6.26 Å². The highest BCUT2D eigenvalue weighted by Crippen LogP contribution is 2.39. The van der Waals surface area contributed by atoms with E-state index in [1.807, 2.05) is 43.3 Å². The number of rotatable bonds is 2. The SMILES string of the molecule is CC(=O)N1c2ccc(-c3ccc4c(n3)=CCN=4)cc2N(C(=O)c2ccco2)C[C@@H]1C. The maximum Gasteiger partial charge on any atom is 0.294 e. The van der Waals surface area contributed by atoms with E-state index in [0.717, 1.165) is 22.0 Å². The maximum absolute atomic E-state index is 13.1. The lowest BCUT2D eigenvalue weighted by molar-refractivity contribution is -0.117. The van der Waals surface area contributed by atoms with Crippen molar-refractivity contribution in [2.75, 3.05) is 22.9 Å². The number of hydrogen-bond donors (Lipinski definition) is 0. The van der Waals surface area contributed by atoms with Crippen LogP contribution in [0.25, 0.3) is 17.3 Å². The molecule has 2 amide bonds. The Morgan fingerprint density at radius 3 is 2.77 bits per heavy atom. The normalized spacial score (nSPS) is 17.1. The molecule has 0 N–H and O–H groups in total. The van der Waals surface area contributed by atoms with Crippen LogP contribution >= 0.6 is 0 Å². The smallest absolute Gasteiger partial charge is 0.294 e. The molecule has 4 heterocycles. The van der Waals surface area contributed by atoms with Crippen molar-refractivity contribution in [2.45, 2.75) is 19.9 Å². The fourth-order valence-corrected chi connectivity index (χ4v) is 4.13.